The van der Waals surface area contributed by atoms with Gasteiger partial charge in [-0.05, 0) is 161 Å². The number of pyridine rings is 2. The Morgan fingerprint density at radius 2 is 0.556 bits per heavy atom. The molecule has 20 rings (SSSR count). The van der Waals surface area contributed by atoms with Gasteiger partial charge in [0.15, 0.2) is 0 Å². The Morgan fingerprint density at radius 1 is 0.261 bits per heavy atom. The van der Waals surface area contributed by atoms with E-state index in [1.807, 2.05) is 68.3 Å². The summed E-state index contributed by atoms with van der Waals surface area (Å²) in [6.45, 7) is 40.4. The molecular formula is C125H122N14Pt3-6. The molecule has 0 amide bonds. The molecule has 0 unspecified atom stereocenters. The Labute approximate surface area is 884 Å². The van der Waals surface area contributed by atoms with Crippen LogP contribution in [0, 0.1) is 49.7 Å². The smallest absolute Gasteiger partial charge is 0.502 e. The molecule has 728 valence electrons. The molecule has 6 aromatic heterocycles. The van der Waals surface area contributed by atoms with Crippen LogP contribution >= 0.6 is 0 Å². The summed E-state index contributed by atoms with van der Waals surface area (Å²) in [7, 11) is 4.06. The molecule has 17 heteroatoms. The zero-order valence-electron chi connectivity index (χ0n) is 84.1. The van der Waals surface area contributed by atoms with Crippen LogP contribution in [0.3, 0.4) is 0 Å². The molecule has 0 bridgehead atoms. The van der Waals surface area contributed by atoms with Gasteiger partial charge in [-0.2, -0.15) is 73.0 Å². The fourth-order valence-corrected chi connectivity index (χ4v) is 19.4. The normalized spacial score (nSPS) is 12.2. The van der Waals surface area contributed by atoms with Gasteiger partial charge < -0.3 is 37.9 Å². The molecule has 0 spiro atoms. The molecule has 0 N–H and O–H groups in total. The summed E-state index contributed by atoms with van der Waals surface area (Å²) in [6, 6.07) is 117. The first-order chi connectivity index (χ1) is 67.4. The summed E-state index contributed by atoms with van der Waals surface area (Å²) >= 11 is 0. The van der Waals surface area contributed by atoms with Crippen molar-refractivity contribution < 1.29 is 63.2 Å². The minimum Gasteiger partial charge on any atom is -0.502 e. The molecule has 0 saturated heterocycles. The zero-order valence-corrected chi connectivity index (χ0v) is 90.9. The average molecular weight is 2410 g/mol. The fourth-order valence-electron chi connectivity index (χ4n) is 19.4. The molecular weight excluding hydrogens is 2280 g/mol. The van der Waals surface area contributed by atoms with Gasteiger partial charge in [0.2, 0.25) is 0 Å². The molecule has 2 aliphatic heterocycles. The van der Waals surface area contributed by atoms with Crippen LogP contribution in [0.15, 0.2) is 316 Å². The summed E-state index contributed by atoms with van der Waals surface area (Å²) < 4.78 is 9.26. The van der Waals surface area contributed by atoms with Crippen LogP contribution in [0.25, 0.3) is 90.8 Å². The minimum atomic E-state index is 0. The average Bonchev–Trinajstić information content (AvgIpc) is 1.59. The molecule has 0 atom stereocenters. The zero-order chi connectivity index (χ0) is 96.8. The number of fused-ring (bicyclic) bond motifs is 2. The van der Waals surface area contributed by atoms with Crippen molar-refractivity contribution in [1.82, 2.24) is 48.2 Å². The van der Waals surface area contributed by atoms with E-state index in [0.29, 0.717) is 53.8 Å². The molecule has 12 aromatic carbocycles. The predicted octanol–water partition coefficient (Wildman–Crippen LogP) is 30.6. The van der Waals surface area contributed by atoms with Crippen molar-refractivity contribution >= 4 is 34.4 Å². The quantitative estimate of drug-likeness (QED) is 0.0486. The number of benzene rings is 12. The fraction of sp³-hybridized carbons (Fsp3) is 0.232. The van der Waals surface area contributed by atoms with Crippen molar-refractivity contribution in [2.45, 2.75) is 177 Å². The minimum absolute atomic E-state index is 0. The van der Waals surface area contributed by atoms with Gasteiger partial charge in [-0.1, -0.05) is 244 Å². The number of imidazole rings is 4. The van der Waals surface area contributed by atoms with E-state index < -0.39 is 0 Å². The van der Waals surface area contributed by atoms with Crippen LogP contribution in [-0.2, 0) is 82.5 Å². The molecule has 2 aliphatic rings. The number of nitrogens with zero attached hydrogens (tertiary/aromatic N) is 14. The summed E-state index contributed by atoms with van der Waals surface area (Å²) in [6.07, 6.45) is 17.8. The second kappa shape index (κ2) is 46.0. The van der Waals surface area contributed by atoms with E-state index in [0.717, 1.165) is 149 Å². The molecule has 0 saturated carbocycles. The molecule has 8 heterocycles. The van der Waals surface area contributed by atoms with Gasteiger partial charge >= 0.3 is 21.1 Å². The van der Waals surface area contributed by atoms with Gasteiger partial charge in [-0.25, -0.2) is 9.97 Å². The SMILES string of the molecule is CC(C)c1cccc(C(C)C)c1-n1c(-c2ccccc2)cnc1-c1[c-]c(Cc2[c-]c(-c3ncc(-c4ccccc4)n3-c3c(C(C)C)cccc3C(C)C)ccc2)ccc1.CC(C)c1cccc(C(C)C)c1-n1ccnc1-c1[c-]c(Cc2[c-]c(N3[CH-]N(C)c4cccnc43)ccc2)ccc1.CC(C)c1cccc(C(C)C)c1-n1ccnc1-c1[c-]c(Cc2[c-]c(N3[CH-]N(C)c4ncccc43)ccc2)ccc1.[Pt+2].[Pt].[Pt]. The number of para-hydroxylation sites is 4. The first kappa shape index (κ1) is 103. The standard InChI is InChI=1S/C55H54N4.2C35H34N5.3Pt/c1-36(2)46-27-17-28-47(37(3)4)52(46)58-50(42-21-11-9-12-22-42)34-56-54(58)44-25-15-19-40(32-44)31-41-20-16-26-45(33-41)55-57-35-51(43-23-13-10-14-24-43)59(55)53-48(38(5)6)29-18-30-49(53)39(7)8;1-24(2)30-14-8-15-31(25(3)4)33(30)39-19-18-37-34(39)28-12-6-10-26(21-28)20-27-11-7-13-29(22-27)40-23-38(5)35-32(40)16-9-17-36-35;1-24(2)30-14-8-15-31(25(3)4)33(30)39-19-18-37-34(39)28-12-6-10-26(21-28)20-27-11-7-13-29(22-27)40-23-38(5)32-16-9-17-36-35(32)40;;;/h9-30,34-39H,31H2,1-8H3;2*6-19,23-25H,20H2,1-5H3;;;/q-2;2*-3;;;+2. The summed E-state index contributed by atoms with van der Waals surface area (Å²) in [5, 5.41) is 0. The summed E-state index contributed by atoms with van der Waals surface area (Å²) in [5.41, 5.74) is 34.4. The first-order valence-corrected chi connectivity index (χ1v) is 49.0. The van der Waals surface area contributed by atoms with Gasteiger partial charge in [0.1, 0.15) is 11.6 Å². The van der Waals surface area contributed by atoms with Crippen molar-refractivity contribution in [3.05, 3.63) is 444 Å². The Balaban J connectivity index is 0.000000164. The van der Waals surface area contributed by atoms with Crippen LogP contribution in [0.2, 0.25) is 0 Å². The van der Waals surface area contributed by atoms with Gasteiger partial charge in [-0.3, -0.25) is 19.9 Å². The van der Waals surface area contributed by atoms with E-state index >= 15 is 0 Å². The van der Waals surface area contributed by atoms with Crippen molar-refractivity contribution in [2.75, 3.05) is 33.7 Å². The van der Waals surface area contributed by atoms with Gasteiger partial charge in [0, 0.05) is 120 Å². The van der Waals surface area contributed by atoms with Gasteiger partial charge in [-0.15, -0.1) is 153 Å². The van der Waals surface area contributed by atoms with Crippen LogP contribution in [-0.4, -0.2) is 62.3 Å². The molecule has 142 heavy (non-hydrogen) atoms. The van der Waals surface area contributed by atoms with E-state index in [-0.39, 0.29) is 63.2 Å². The maximum Gasteiger partial charge on any atom is 2.00 e. The number of aromatic nitrogens is 10. The number of anilines is 6. The first-order valence-electron chi connectivity index (χ1n) is 49.0. The van der Waals surface area contributed by atoms with Crippen molar-refractivity contribution in [3.8, 4) is 90.8 Å². The van der Waals surface area contributed by atoms with Gasteiger partial charge in [0.05, 0.1) is 40.4 Å². The molecule has 18 aromatic rings. The Bertz CT molecular complexity index is 6820. The number of rotatable bonds is 26. The second-order valence-corrected chi connectivity index (χ2v) is 38.9. The maximum absolute atomic E-state index is 5.16. The molecule has 0 radical (unpaired) electrons. The largest absolute Gasteiger partial charge is 2.00 e. The van der Waals surface area contributed by atoms with Gasteiger partial charge in [0.25, 0.3) is 0 Å². The third kappa shape index (κ3) is 22.0. The van der Waals surface area contributed by atoms with Crippen molar-refractivity contribution in [2.24, 2.45) is 0 Å². The third-order valence-electron chi connectivity index (χ3n) is 26.3. The topological polar surface area (TPSA) is 110 Å². The summed E-state index contributed by atoms with van der Waals surface area (Å²) in [4.78, 5) is 37.4. The van der Waals surface area contributed by atoms with Crippen molar-refractivity contribution in [1.29, 1.82) is 0 Å². The van der Waals surface area contributed by atoms with E-state index in [1.54, 1.807) is 0 Å². The van der Waals surface area contributed by atoms with Crippen molar-refractivity contribution in [3.63, 3.8) is 0 Å². The van der Waals surface area contributed by atoms with Crippen LogP contribution in [0.5, 0.6) is 0 Å². The van der Waals surface area contributed by atoms with Crippen LogP contribution < -0.4 is 19.6 Å². The molecule has 14 nitrogen and oxygen atoms in total. The Hall–Kier alpha value is -13.0. The molecule has 0 aliphatic carbocycles. The maximum atomic E-state index is 5.16. The van der Waals surface area contributed by atoms with E-state index in [1.165, 1.54) is 67.3 Å². The third-order valence-corrected chi connectivity index (χ3v) is 26.3. The number of hydrogen-bond acceptors (Lipinski definition) is 10. The van der Waals surface area contributed by atoms with E-state index in [9.17, 15) is 0 Å². The van der Waals surface area contributed by atoms with E-state index in [2.05, 4.69) is 471 Å². The van der Waals surface area contributed by atoms with Crippen LogP contribution in [0.4, 0.5) is 34.4 Å². The molecule has 0 fully saturated rings. The Morgan fingerprint density at radius 3 is 0.908 bits per heavy atom. The van der Waals surface area contributed by atoms with Crippen LogP contribution in [0.1, 0.15) is 236 Å². The predicted molar refractivity (Wildman–Crippen MR) is 572 cm³/mol. The summed E-state index contributed by atoms with van der Waals surface area (Å²) in [5.74, 6) is 8.37. The van der Waals surface area contributed by atoms with E-state index in [4.69, 9.17) is 19.9 Å². The number of hydrogen-bond donors (Lipinski definition) is 0. The Kier molecular flexibility index (Phi) is 33.5. The second-order valence-electron chi connectivity index (χ2n) is 38.9. The monoisotopic (exact) mass is 2400 g/mol.